The molecule has 0 atom stereocenters. The fourth-order valence-electron chi connectivity index (χ4n) is 4.48. The van der Waals surface area contributed by atoms with Gasteiger partial charge in [-0.25, -0.2) is 9.37 Å². The Kier molecular flexibility index (Phi) is 5.42. The van der Waals surface area contributed by atoms with Gasteiger partial charge in [0.15, 0.2) is 0 Å². The fraction of sp³-hybridized carbons (Fsp3) is 0.375. The molecule has 5 rings (SSSR count). The first kappa shape index (κ1) is 21.6. The summed E-state index contributed by atoms with van der Waals surface area (Å²) in [6.07, 6.45) is 9.26. The predicted molar refractivity (Wildman–Crippen MR) is 115 cm³/mol. The lowest BCUT2D eigenvalue weighted by Gasteiger charge is -2.46. The highest BCUT2D eigenvalue weighted by molar-refractivity contribution is 5.61. The van der Waals surface area contributed by atoms with Crippen molar-refractivity contribution in [3.05, 3.63) is 78.0 Å². The minimum absolute atomic E-state index is 0.176. The van der Waals surface area contributed by atoms with E-state index in [9.17, 15) is 17.6 Å². The van der Waals surface area contributed by atoms with E-state index in [0.717, 1.165) is 55.2 Å². The topological polar surface area (TPSA) is 33.5 Å². The van der Waals surface area contributed by atoms with Crippen molar-refractivity contribution >= 4 is 5.70 Å². The van der Waals surface area contributed by atoms with Crippen molar-refractivity contribution in [1.29, 1.82) is 0 Å². The monoisotopic (exact) mass is 460 g/mol. The van der Waals surface area contributed by atoms with E-state index in [1.807, 2.05) is 17.7 Å². The van der Waals surface area contributed by atoms with E-state index < -0.39 is 17.6 Å². The van der Waals surface area contributed by atoms with Crippen LogP contribution in [-0.2, 0) is 6.18 Å². The molecule has 33 heavy (non-hydrogen) atoms. The van der Waals surface area contributed by atoms with E-state index in [0.29, 0.717) is 12.1 Å². The molecule has 3 heterocycles. The Morgan fingerprint density at radius 3 is 2.61 bits per heavy atom. The first-order valence-electron chi connectivity index (χ1n) is 10.9. The van der Waals surface area contributed by atoms with Crippen LogP contribution >= 0.6 is 0 Å². The van der Waals surface area contributed by atoms with E-state index >= 15 is 0 Å². The van der Waals surface area contributed by atoms with E-state index in [1.54, 1.807) is 6.33 Å². The fourth-order valence-corrected chi connectivity index (χ4v) is 4.48. The maximum atomic E-state index is 13.3. The molecule has 0 bridgehead atoms. The first-order chi connectivity index (χ1) is 15.8. The van der Waals surface area contributed by atoms with Gasteiger partial charge >= 0.3 is 6.18 Å². The molecule has 0 amide bonds. The maximum absolute atomic E-state index is 13.3. The SMILES string of the molecule is Cc1cn(C2=CN3CCN(C4CC(COc5ccc(F)cc5C(F)(F)F)C4)C=C3C=C2)cn1. The highest BCUT2D eigenvalue weighted by atomic mass is 19.4. The Bertz CT molecular complexity index is 1130. The summed E-state index contributed by atoms with van der Waals surface area (Å²) in [6.45, 7) is 3.88. The Hall–Kier alpha value is -3.23. The molecule has 5 nitrogen and oxygen atoms in total. The Labute approximate surface area is 189 Å². The van der Waals surface area contributed by atoms with E-state index in [-0.39, 0.29) is 18.3 Å². The summed E-state index contributed by atoms with van der Waals surface area (Å²) < 4.78 is 60.1. The number of benzene rings is 1. The van der Waals surface area contributed by atoms with Crippen molar-refractivity contribution in [2.24, 2.45) is 5.92 Å². The highest BCUT2D eigenvalue weighted by Gasteiger charge is 2.37. The van der Waals surface area contributed by atoms with E-state index in [1.165, 1.54) is 0 Å². The Balaban J connectivity index is 1.16. The number of hydrogen-bond acceptors (Lipinski definition) is 4. The Morgan fingerprint density at radius 2 is 1.88 bits per heavy atom. The zero-order chi connectivity index (χ0) is 23.2. The molecule has 9 heteroatoms. The molecule has 0 radical (unpaired) electrons. The molecule has 0 saturated heterocycles. The van der Waals surface area contributed by atoms with Crippen LogP contribution in [0, 0.1) is 18.7 Å². The Morgan fingerprint density at radius 1 is 1.09 bits per heavy atom. The zero-order valence-electron chi connectivity index (χ0n) is 18.1. The zero-order valence-corrected chi connectivity index (χ0v) is 18.1. The van der Waals surface area contributed by atoms with Gasteiger partial charge in [0.25, 0.3) is 0 Å². The molecule has 2 aliphatic heterocycles. The lowest BCUT2D eigenvalue weighted by Crippen LogP contribution is -2.48. The van der Waals surface area contributed by atoms with Crippen molar-refractivity contribution in [1.82, 2.24) is 19.4 Å². The van der Waals surface area contributed by atoms with Crippen LogP contribution in [-0.4, -0.2) is 45.1 Å². The van der Waals surface area contributed by atoms with Gasteiger partial charge < -0.3 is 19.1 Å². The second kappa shape index (κ2) is 8.28. The van der Waals surface area contributed by atoms with Gasteiger partial charge in [0.05, 0.1) is 30.0 Å². The number of aryl methyl sites for hydroxylation is 1. The van der Waals surface area contributed by atoms with Gasteiger partial charge in [-0.05, 0) is 56.0 Å². The van der Waals surface area contributed by atoms with Crippen LogP contribution in [0.2, 0.25) is 0 Å². The molecule has 1 saturated carbocycles. The van der Waals surface area contributed by atoms with Crippen LogP contribution < -0.4 is 4.74 Å². The molecule has 0 N–H and O–H groups in total. The number of rotatable bonds is 5. The van der Waals surface area contributed by atoms with Crippen LogP contribution in [0.1, 0.15) is 24.1 Å². The lowest BCUT2D eigenvalue weighted by atomic mass is 9.79. The minimum Gasteiger partial charge on any atom is -0.493 e. The third-order valence-corrected chi connectivity index (χ3v) is 6.35. The lowest BCUT2D eigenvalue weighted by molar-refractivity contribution is -0.139. The van der Waals surface area contributed by atoms with Gasteiger partial charge in [-0.3, -0.25) is 0 Å². The second-order valence-electron chi connectivity index (χ2n) is 8.74. The highest BCUT2D eigenvalue weighted by Crippen LogP contribution is 2.39. The quantitative estimate of drug-likeness (QED) is 0.586. The number of nitrogens with zero attached hydrogens (tertiary/aromatic N) is 4. The molecule has 1 aromatic heterocycles. The molecule has 3 aliphatic rings. The number of halogens is 4. The number of allylic oxidation sites excluding steroid dienone is 3. The number of imidazole rings is 1. The summed E-state index contributed by atoms with van der Waals surface area (Å²) in [4.78, 5) is 8.80. The van der Waals surface area contributed by atoms with Gasteiger partial charge in [-0.1, -0.05) is 0 Å². The van der Waals surface area contributed by atoms with Crippen LogP contribution in [0.3, 0.4) is 0 Å². The summed E-state index contributed by atoms with van der Waals surface area (Å²) in [5, 5.41) is 0. The standard InChI is InChI=1S/C24H24F4N4O/c1-16-11-32(15-29-16)20-4-3-19-12-31(7-6-30(19)13-20)21-8-17(9-21)14-33-23-5-2-18(25)10-22(23)24(26,27)28/h2-5,10-13,15,17,21H,6-9,14H2,1H3. The predicted octanol–water partition coefficient (Wildman–Crippen LogP) is 5.03. The van der Waals surface area contributed by atoms with Gasteiger partial charge in [0.2, 0.25) is 0 Å². The summed E-state index contributed by atoms with van der Waals surface area (Å²) in [5.74, 6) is -1.06. The van der Waals surface area contributed by atoms with Crippen LogP contribution in [0.4, 0.5) is 17.6 Å². The van der Waals surface area contributed by atoms with E-state index in [2.05, 4.69) is 39.3 Å². The third-order valence-electron chi connectivity index (χ3n) is 6.35. The minimum atomic E-state index is -4.65. The van der Waals surface area contributed by atoms with Crippen molar-refractivity contribution in [2.75, 3.05) is 19.7 Å². The summed E-state index contributed by atoms with van der Waals surface area (Å²) in [6, 6.07) is 2.88. The average molecular weight is 460 g/mol. The number of ether oxygens (including phenoxy) is 1. The number of fused-ring (bicyclic) bond motifs is 1. The molecule has 1 aliphatic carbocycles. The molecule has 1 fully saturated rings. The van der Waals surface area contributed by atoms with Gasteiger partial charge in [-0.2, -0.15) is 13.2 Å². The molecule has 2 aromatic rings. The number of alkyl halides is 3. The van der Waals surface area contributed by atoms with Gasteiger partial charge in [0.1, 0.15) is 17.1 Å². The van der Waals surface area contributed by atoms with E-state index in [4.69, 9.17) is 4.74 Å². The van der Waals surface area contributed by atoms with Gasteiger partial charge in [-0.15, -0.1) is 0 Å². The third kappa shape index (κ3) is 4.49. The van der Waals surface area contributed by atoms with Crippen molar-refractivity contribution < 1.29 is 22.3 Å². The van der Waals surface area contributed by atoms with Crippen LogP contribution in [0.5, 0.6) is 5.75 Å². The number of hydrogen-bond donors (Lipinski definition) is 0. The normalized spacial score (nSPS) is 22.5. The molecule has 1 aromatic carbocycles. The number of aromatic nitrogens is 2. The van der Waals surface area contributed by atoms with Crippen molar-refractivity contribution in [3.63, 3.8) is 0 Å². The molecule has 0 spiro atoms. The van der Waals surface area contributed by atoms with Crippen molar-refractivity contribution in [3.8, 4) is 5.75 Å². The van der Waals surface area contributed by atoms with Crippen molar-refractivity contribution in [2.45, 2.75) is 32.0 Å². The summed E-state index contributed by atoms with van der Waals surface area (Å²) in [5.41, 5.74) is 2.07. The summed E-state index contributed by atoms with van der Waals surface area (Å²) >= 11 is 0. The molecular formula is C24H24F4N4O. The second-order valence-corrected chi connectivity index (χ2v) is 8.74. The first-order valence-corrected chi connectivity index (χ1v) is 10.9. The molecule has 0 unspecified atom stereocenters. The molecule has 174 valence electrons. The maximum Gasteiger partial charge on any atom is 0.420 e. The van der Waals surface area contributed by atoms with Crippen LogP contribution in [0.25, 0.3) is 5.70 Å². The molecular weight excluding hydrogens is 436 g/mol. The van der Waals surface area contributed by atoms with Gasteiger partial charge in [0, 0.05) is 37.7 Å². The smallest absolute Gasteiger partial charge is 0.420 e. The average Bonchev–Trinajstić information content (AvgIpc) is 3.18. The summed E-state index contributed by atoms with van der Waals surface area (Å²) in [7, 11) is 0. The van der Waals surface area contributed by atoms with Crippen LogP contribution in [0.15, 0.2) is 61.0 Å². The largest absolute Gasteiger partial charge is 0.493 e.